The number of aliphatic hydroxyl groups is 1. The van der Waals surface area contributed by atoms with Crippen molar-refractivity contribution in [2.24, 2.45) is 11.7 Å². The first-order valence-corrected chi connectivity index (χ1v) is 6.27. The van der Waals surface area contributed by atoms with Crippen LogP contribution in [-0.4, -0.2) is 43.4 Å². The van der Waals surface area contributed by atoms with Crippen LogP contribution in [0.3, 0.4) is 0 Å². The zero-order chi connectivity index (χ0) is 13.3. The van der Waals surface area contributed by atoms with Crippen molar-refractivity contribution < 1.29 is 14.6 Å². The predicted molar refractivity (Wildman–Crippen MR) is 67.6 cm³/mol. The van der Waals surface area contributed by atoms with E-state index in [0.717, 1.165) is 12.8 Å². The van der Waals surface area contributed by atoms with Crippen LogP contribution in [-0.2, 0) is 9.53 Å². The van der Waals surface area contributed by atoms with E-state index >= 15 is 0 Å². The Morgan fingerprint density at radius 1 is 1.41 bits per heavy atom. The summed E-state index contributed by atoms with van der Waals surface area (Å²) in [6.45, 7) is 4.79. The Morgan fingerprint density at radius 2 is 2.00 bits per heavy atom. The SMILES string of the molecule is CCC(CC)C(O)CNC(=O)C(N)CCOC. The third-order valence-corrected chi connectivity index (χ3v) is 3.05. The molecule has 0 aromatic carbocycles. The number of carbonyl (C=O) groups is 1. The lowest BCUT2D eigenvalue weighted by molar-refractivity contribution is -0.123. The monoisotopic (exact) mass is 246 g/mol. The molecule has 1 amide bonds. The number of rotatable bonds is 9. The first kappa shape index (κ1) is 16.4. The average Bonchev–Trinajstić information content (AvgIpc) is 2.34. The lowest BCUT2D eigenvalue weighted by Crippen LogP contribution is -2.45. The summed E-state index contributed by atoms with van der Waals surface area (Å²) in [6.07, 6.45) is 1.80. The summed E-state index contributed by atoms with van der Waals surface area (Å²) in [5.41, 5.74) is 5.66. The molecule has 0 fully saturated rings. The second-order valence-corrected chi connectivity index (χ2v) is 4.28. The summed E-state index contributed by atoms with van der Waals surface area (Å²) in [5, 5.41) is 12.5. The molecule has 0 bridgehead atoms. The molecule has 5 heteroatoms. The van der Waals surface area contributed by atoms with Crippen LogP contribution in [0.15, 0.2) is 0 Å². The van der Waals surface area contributed by atoms with Crippen molar-refractivity contribution >= 4 is 5.91 Å². The topological polar surface area (TPSA) is 84.6 Å². The van der Waals surface area contributed by atoms with Gasteiger partial charge >= 0.3 is 0 Å². The highest BCUT2D eigenvalue weighted by molar-refractivity contribution is 5.81. The summed E-state index contributed by atoms with van der Waals surface area (Å²) < 4.78 is 4.85. The number of aliphatic hydroxyl groups excluding tert-OH is 1. The summed E-state index contributed by atoms with van der Waals surface area (Å²) >= 11 is 0. The van der Waals surface area contributed by atoms with Gasteiger partial charge < -0.3 is 20.9 Å². The van der Waals surface area contributed by atoms with E-state index in [0.29, 0.717) is 13.0 Å². The Hall–Kier alpha value is -0.650. The number of carbonyl (C=O) groups excluding carboxylic acids is 1. The van der Waals surface area contributed by atoms with Crippen LogP contribution in [0.1, 0.15) is 33.1 Å². The molecule has 0 saturated carbocycles. The van der Waals surface area contributed by atoms with Crippen molar-refractivity contribution in [1.29, 1.82) is 0 Å². The van der Waals surface area contributed by atoms with Crippen LogP contribution < -0.4 is 11.1 Å². The standard InChI is InChI=1S/C12H26N2O3/c1-4-9(5-2)11(15)8-14-12(16)10(13)6-7-17-3/h9-11,15H,4-8,13H2,1-3H3,(H,14,16). The molecule has 0 aliphatic heterocycles. The Morgan fingerprint density at radius 3 is 2.47 bits per heavy atom. The van der Waals surface area contributed by atoms with Crippen molar-refractivity contribution in [2.75, 3.05) is 20.3 Å². The minimum Gasteiger partial charge on any atom is -0.391 e. The van der Waals surface area contributed by atoms with Gasteiger partial charge in [0.1, 0.15) is 0 Å². The molecule has 0 radical (unpaired) electrons. The summed E-state index contributed by atoms with van der Waals surface area (Å²) in [5.74, 6) is -0.00226. The fourth-order valence-corrected chi connectivity index (χ4v) is 1.71. The maximum atomic E-state index is 11.5. The average molecular weight is 246 g/mol. The number of hydrogen-bond donors (Lipinski definition) is 3. The van der Waals surface area contributed by atoms with Crippen LogP contribution in [0.25, 0.3) is 0 Å². The minimum atomic E-state index is -0.566. The van der Waals surface area contributed by atoms with Crippen LogP contribution in [0.4, 0.5) is 0 Å². The quantitative estimate of drug-likeness (QED) is 0.545. The first-order valence-electron chi connectivity index (χ1n) is 6.27. The maximum absolute atomic E-state index is 11.5. The fraction of sp³-hybridized carbons (Fsp3) is 0.917. The molecule has 0 aliphatic carbocycles. The molecule has 17 heavy (non-hydrogen) atoms. The molecule has 2 unspecified atom stereocenters. The predicted octanol–water partition coefficient (Wildman–Crippen LogP) is 0.264. The van der Waals surface area contributed by atoms with Gasteiger partial charge in [0.05, 0.1) is 12.1 Å². The van der Waals surface area contributed by atoms with Crippen molar-refractivity contribution in [3.05, 3.63) is 0 Å². The number of amides is 1. The van der Waals surface area contributed by atoms with Crippen molar-refractivity contribution in [2.45, 2.75) is 45.3 Å². The summed E-state index contributed by atoms with van der Waals surface area (Å²) in [7, 11) is 1.57. The van der Waals surface area contributed by atoms with Crippen molar-refractivity contribution in [1.82, 2.24) is 5.32 Å². The smallest absolute Gasteiger partial charge is 0.237 e. The molecular formula is C12H26N2O3. The highest BCUT2D eigenvalue weighted by Gasteiger charge is 2.18. The maximum Gasteiger partial charge on any atom is 0.237 e. The van der Waals surface area contributed by atoms with Gasteiger partial charge in [0.2, 0.25) is 5.91 Å². The zero-order valence-corrected chi connectivity index (χ0v) is 11.1. The Bertz CT molecular complexity index is 208. The van der Waals surface area contributed by atoms with E-state index < -0.39 is 12.1 Å². The third kappa shape index (κ3) is 6.61. The zero-order valence-electron chi connectivity index (χ0n) is 11.1. The minimum absolute atomic E-state index is 0.227. The van der Waals surface area contributed by atoms with Gasteiger partial charge in [-0.2, -0.15) is 0 Å². The molecule has 0 rings (SSSR count). The Balaban J connectivity index is 3.89. The highest BCUT2D eigenvalue weighted by atomic mass is 16.5. The highest BCUT2D eigenvalue weighted by Crippen LogP contribution is 2.12. The summed E-state index contributed by atoms with van der Waals surface area (Å²) in [6, 6.07) is -0.566. The fourth-order valence-electron chi connectivity index (χ4n) is 1.71. The van der Waals surface area contributed by atoms with Gasteiger partial charge in [0.15, 0.2) is 0 Å². The number of methoxy groups -OCH3 is 1. The molecule has 4 N–H and O–H groups in total. The van der Waals surface area contributed by atoms with E-state index in [-0.39, 0.29) is 18.4 Å². The molecule has 0 aromatic rings. The second-order valence-electron chi connectivity index (χ2n) is 4.28. The lowest BCUT2D eigenvalue weighted by atomic mass is 9.96. The van der Waals surface area contributed by atoms with Gasteiger partial charge in [-0.15, -0.1) is 0 Å². The molecule has 0 aliphatic rings. The van der Waals surface area contributed by atoms with E-state index in [4.69, 9.17) is 10.5 Å². The van der Waals surface area contributed by atoms with E-state index in [9.17, 15) is 9.90 Å². The van der Waals surface area contributed by atoms with E-state index in [2.05, 4.69) is 5.32 Å². The lowest BCUT2D eigenvalue weighted by Gasteiger charge is -2.21. The summed E-state index contributed by atoms with van der Waals surface area (Å²) in [4.78, 5) is 11.5. The largest absolute Gasteiger partial charge is 0.391 e. The number of nitrogens with one attached hydrogen (secondary N) is 1. The molecule has 5 nitrogen and oxygen atoms in total. The normalized spacial score (nSPS) is 14.7. The van der Waals surface area contributed by atoms with Gasteiger partial charge in [-0.3, -0.25) is 4.79 Å². The van der Waals surface area contributed by atoms with Gasteiger partial charge in [-0.25, -0.2) is 0 Å². The van der Waals surface area contributed by atoms with Crippen molar-refractivity contribution in [3.8, 4) is 0 Å². The van der Waals surface area contributed by atoms with Crippen LogP contribution in [0, 0.1) is 5.92 Å². The van der Waals surface area contributed by atoms with E-state index in [1.165, 1.54) is 0 Å². The van der Waals surface area contributed by atoms with Crippen LogP contribution in [0.2, 0.25) is 0 Å². The Kier molecular flexibility index (Phi) is 9.03. The van der Waals surface area contributed by atoms with E-state index in [1.54, 1.807) is 7.11 Å². The molecule has 0 spiro atoms. The van der Waals surface area contributed by atoms with Gasteiger partial charge in [0.25, 0.3) is 0 Å². The van der Waals surface area contributed by atoms with Gasteiger partial charge in [-0.05, 0) is 12.3 Å². The Labute approximate surface area is 104 Å². The second kappa shape index (κ2) is 9.39. The van der Waals surface area contributed by atoms with Crippen LogP contribution >= 0.6 is 0 Å². The first-order chi connectivity index (χ1) is 8.06. The molecule has 0 heterocycles. The van der Waals surface area contributed by atoms with Gasteiger partial charge in [-0.1, -0.05) is 26.7 Å². The molecule has 0 aromatic heterocycles. The molecular weight excluding hydrogens is 220 g/mol. The third-order valence-electron chi connectivity index (χ3n) is 3.05. The number of ether oxygens (including phenoxy) is 1. The molecule has 102 valence electrons. The van der Waals surface area contributed by atoms with Gasteiger partial charge in [0, 0.05) is 20.3 Å². The number of hydrogen-bond acceptors (Lipinski definition) is 4. The van der Waals surface area contributed by atoms with E-state index in [1.807, 2.05) is 13.8 Å². The van der Waals surface area contributed by atoms with Crippen molar-refractivity contribution in [3.63, 3.8) is 0 Å². The number of nitrogens with two attached hydrogens (primary N) is 1. The molecule has 2 atom stereocenters. The molecule has 0 saturated heterocycles. The van der Waals surface area contributed by atoms with Crippen LogP contribution in [0.5, 0.6) is 0 Å².